The molecule has 0 bridgehead atoms. The van der Waals surface area contributed by atoms with Crippen LogP contribution in [0.5, 0.6) is 0 Å². The molecular formula is C17H24O2. The summed E-state index contributed by atoms with van der Waals surface area (Å²) in [5.41, 5.74) is 0.634. The first-order valence-electron chi connectivity index (χ1n) is 7.14. The number of ether oxygens (including phenoxy) is 1. The first-order chi connectivity index (χ1) is 9.27. The van der Waals surface area contributed by atoms with Crippen LogP contribution in [0.2, 0.25) is 0 Å². The Balaban J connectivity index is 2.43. The Morgan fingerprint density at radius 1 is 1.26 bits per heavy atom. The molecule has 0 aliphatic heterocycles. The van der Waals surface area contributed by atoms with Crippen molar-refractivity contribution in [2.45, 2.75) is 51.6 Å². The van der Waals surface area contributed by atoms with E-state index in [1.807, 2.05) is 24.3 Å². The van der Waals surface area contributed by atoms with E-state index in [1.165, 1.54) is 0 Å². The van der Waals surface area contributed by atoms with Crippen molar-refractivity contribution in [1.82, 2.24) is 0 Å². The van der Waals surface area contributed by atoms with E-state index in [4.69, 9.17) is 4.74 Å². The summed E-state index contributed by atoms with van der Waals surface area (Å²) in [6.45, 7) is 5.83. The molecule has 1 aromatic carbocycles. The number of esters is 1. The molecule has 0 amide bonds. The summed E-state index contributed by atoms with van der Waals surface area (Å²) < 4.78 is 5.59. The van der Waals surface area contributed by atoms with E-state index in [1.54, 1.807) is 12.1 Å². The monoisotopic (exact) mass is 260 g/mol. The molecule has 0 N–H and O–H groups in total. The average molecular weight is 260 g/mol. The van der Waals surface area contributed by atoms with Gasteiger partial charge in [0.15, 0.2) is 0 Å². The largest absolute Gasteiger partial charge is 0.459 e. The van der Waals surface area contributed by atoms with Crippen molar-refractivity contribution in [3.63, 3.8) is 0 Å². The average Bonchev–Trinajstić information content (AvgIpc) is 2.44. The smallest absolute Gasteiger partial charge is 0.338 e. The zero-order valence-electron chi connectivity index (χ0n) is 11.8. The number of carbonyl (C=O) groups is 1. The van der Waals surface area contributed by atoms with E-state index in [0.717, 1.165) is 38.5 Å². The molecule has 1 unspecified atom stereocenters. The SMILES string of the molecule is C=CCCCCC(CCC)OC(=O)c1ccccc1. The molecule has 1 atom stereocenters. The first kappa shape index (κ1) is 15.5. The molecule has 2 heteroatoms. The van der Waals surface area contributed by atoms with E-state index in [0.29, 0.717) is 5.56 Å². The summed E-state index contributed by atoms with van der Waals surface area (Å²) in [5.74, 6) is -0.206. The van der Waals surface area contributed by atoms with Crippen LogP contribution >= 0.6 is 0 Å². The highest BCUT2D eigenvalue weighted by molar-refractivity contribution is 5.89. The van der Waals surface area contributed by atoms with Crippen LogP contribution in [0.3, 0.4) is 0 Å². The van der Waals surface area contributed by atoms with E-state index < -0.39 is 0 Å². The molecule has 0 fully saturated rings. The lowest BCUT2D eigenvalue weighted by molar-refractivity contribution is 0.0254. The molecule has 0 heterocycles. The van der Waals surface area contributed by atoms with Crippen LogP contribution in [0.15, 0.2) is 43.0 Å². The number of carbonyl (C=O) groups excluding carboxylic acids is 1. The molecule has 1 aromatic rings. The third kappa shape index (κ3) is 6.23. The molecule has 0 saturated carbocycles. The summed E-state index contributed by atoms with van der Waals surface area (Å²) >= 11 is 0. The Kier molecular flexibility index (Phi) is 7.64. The van der Waals surface area contributed by atoms with Crippen molar-refractivity contribution >= 4 is 5.97 Å². The van der Waals surface area contributed by atoms with Gasteiger partial charge in [-0.1, -0.05) is 37.6 Å². The standard InChI is InChI=1S/C17H24O2/c1-3-5-6-10-14-16(11-4-2)19-17(18)15-12-8-7-9-13-15/h3,7-9,12-13,16H,1,4-6,10-11,14H2,2H3. The lowest BCUT2D eigenvalue weighted by Crippen LogP contribution is -2.18. The fraction of sp³-hybridized carbons (Fsp3) is 0.471. The maximum Gasteiger partial charge on any atom is 0.338 e. The highest BCUT2D eigenvalue weighted by Gasteiger charge is 2.14. The summed E-state index contributed by atoms with van der Waals surface area (Å²) in [6, 6.07) is 9.20. The number of unbranched alkanes of at least 4 members (excludes halogenated alkanes) is 2. The van der Waals surface area contributed by atoms with Crippen LogP contribution in [0.4, 0.5) is 0 Å². The molecule has 0 aliphatic rings. The Bertz CT molecular complexity index is 370. The maximum atomic E-state index is 12.0. The van der Waals surface area contributed by atoms with Gasteiger partial charge in [-0.25, -0.2) is 4.79 Å². The van der Waals surface area contributed by atoms with Gasteiger partial charge in [0.2, 0.25) is 0 Å². The Labute approximate surface area is 116 Å². The van der Waals surface area contributed by atoms with E-state index in [9.17, 15) is 4.79 Å². The maximum absolute atomic E-state index is 12.0. The minimum absolute atomic E-state index is 0.0440. The Morgan fingerprint density at radius 3 is 2.63 bits per heavy atom. The summed E-state index contributed by atoms with van der Waals surface area (Å²) in [6.07, 6.45) is 8.13. The fourth-order valence-corrected chi connectivity index (χ4v) is 2.04. The van der Waals surface area contributed by atoms with E-state index in [2.05, 4.69) is 13.5 Å². The normalized spacial score (nSPS) is 11.8. The van der Waals surface area contributed by atoms with Crippen molar-refractivity contribution < 1.29 is 9.53 Å². The van der Waals surface area contributed by atoms with E-state index >= 15 is 0 Å². The number of benzene rings is 1. The van der Waals surface area contributed by atoms with E-state index in [-0.39, 0.29) is 12.1 Å². The molecule has 0 spiro atoms. The predicted molar refractivity (Wildman–Crippen MR) is 79.2 cm³/mol. The van der Waals surface area contributed by atoms with Crippen LogP contribution in [-0.2, 0) is 4.74 Å². The van der Waals surface area contributed by atoms with Gasteiger partial charge in [0.25, 0.3) is 0 Å². The van der Waals surface area contributed by atoms with Crippen LogP contribution in [0.25, 0.3) is 0 Å². The minimum Gasteiger partial charge on any atom is -0.459 e. The summed E-state index contributed by atoms with van der Waals surface area (Å²) in [4.78, 5) is 12.0. The van der Waals surface area contributed by atoms with Crippen molar-refractivity contribution in [3.8, 4) is 0 Å². The molecule has 19 heavy (non-hydrogen) atoms. The molecular weight excluding hydrogens is 236 g/mol. The fourth-order valence-electron chi connectivity index (χ4n) is 2.04. The molecule has 0 radical (unpaired) electrons. The van der Waals surface area contributed by atoms with Gasteiger partial charge in [-0.2, -0.15) is 0 Å². The molecule has 2 nitrogen and oxygen atoms in total. The molecule has 0 aliphatic carbocycles. The Morgan fingerprint density at radius 2 is 2.00 bits per heavy atom. The summed E-state index contributed by atoms with van der Waals surface area (Å²) in [5, 5.41) is 0. The quantitative estimate of drug-likeness (QED) is 0.363. The number of hydrogen-bond acceptors (Lipinski definition) is 2. The van der Waals surface area contributed by atoms with Gasteiger partial charge in [0.1, 0.15) is 6.10 Å². The van der Waals surface area contributed by atoms with Gasteiger partial charge < -0.3 is 4.74 Å². The van der Waals surface area contributed by atoms with Gasteiger partial charge in [-0.3, -0.25) is 0 Å². The molecule has 0 aromatic heterocycles. The molecule has 104 valence electrons. The van der Waals surface area contributed by atoms with Gasteiger partial charge in [0.05, 0.1) is 5.56 Å². The van der Waals surface area contributed by atoms with Crippen molar-refractivity contribution in [2.75, 3.05) is 0 Å². The lowest BCUT2D eigenvalue weighted by atomic mass is 10.1. The van der Waals surface area contributed by atoms with Gasteiger partial charge >= 0.3 is 5.97 Å². The number of hydrogen-bond donors (Lipinski definition) is 0. The highest BCUT2D eigenvalue weighted by Crippen LogP contribution is 2.14. The van der Waals surface area contributed by atoms with Crippen molar-refractivity contribution in [1.29, 1.82) is 0 Å². The zero-order valence-corrected chi connectivity index (χ0v) is 11.8. The second-order valence-corrected chi connectivity index (χ2v) is 4.76. The Hall–Kier alpha value is -1.57. The first-order valence-corrected chi connectivity index (χ1v) is 7.14. The van der Waals surface area contributed by atoms with Gasteiger partial charge in [-0.05, 0) is 44.2 Å². The second-order valence-electron chi connectivity index (χ2n) is 4.76. The lowest BCUT2D eigenvalue weighted by Gasteiger charge is -2.17. The molecule has 0 saturated heterocycles. The van der Waals surface area contributed by atoms with Crippen LogP contribution in [0, 0.1) is 0 Å². The predicted octanol–water partition coefficient (Wildman–Crippen LogP) is 4.76. The highest BCUT2D eigenvalue weighted by atomic mass is 16.5. The van der Waals surface area contributed by atoms with Gasteiger partial charge in [0, 0.05) is 0 Å². The number of allylic oxidation sites excluding steroid dienone is 1. The third-order valence-corrected chi connectivity index (χ3v) is 3.08. The number of rotatable bonds is 9. The second kappa shape index (κ2) is 9.37. The molecule has 1 rings (SSSR count). The van der Waals surface area contributed by atoms with Crippen molar-refractivity contribution in [3.05, 3.63) is 48.6 Å². The third-order valence-electron chi connectivity index (χ3n) is 3.08. The van der Waals surface area contributed by atoms with Crippen LogP contribution in [-0.4, -0.2) is 12.1 Å². The summed E-state index contributed by atoms with van der Waals surface area (Å²) in [7, 11) is 0. The minimum atomic E-state index is -0.206. The van der Waals surface area contributed by atoms with Crippen molar-refractivity contribution in [2.24, 2.45) is 0 Å². The topological polar surface area (TPSA) is 26.3 Å². The van der Waals surface area contributed by atoms with Gasteiger partial charge in [-0.15, -0.1) is 6.58 Å². The van der Waals surface area contributed by atoms with Crippen LogP contribution < -0.4 is 0 Å². The van der Waals surface area contributed by atoms with Crippen LogP contribution in [0.1, 0.15) is 55.8 Å². The zero-order chi connectivity index (χ0) is 13.9.